The predicted molar refractivity (Wildman–Crippen MR) is 125 cm³/mol. The van der Waals surface area contributed by atoms with E-state index < -0.39 is 29.7 Å². The summed E-state index contributed by atoms with van der Waals surface area (Å²) < 4.78 is 0. The van der Waals surface area contributed by atoms with Gasteiger partial charge >= 0.3 is 0 Å². The van der Waals surface area contributed by atoms with E-state index in [9.17, 15) is 14.4 Å². The molecule has 0 spiro atoms. The Morgan fingerprint density at radius 3 is 1.85 bits per heavy atom. The summed E-state index contributed by atoms with van der Waals surface area (Å²) in [6.07, 6.45) is 0. The Morgan fingerprint density at radius 2 is 1.33 bits per heavy atom. The number of carbonyl (C=O) groups is 3. The number of amides is 3. The molecule has 0 aromatic heterocycles. The number of imide groups is 1. The number of hydrogen-bond donors (Lipinski definition) is 1. The van der Waals surface area contributed by atoms with Crippen molar-refractivity contribution in [3.63, 3.8) is 0 Å². The van der Waals surface area contributed by atoms with Gasteiger partial charge in [-0.25, -0.2) is 5.48 Å². The zero-order valence-electron chi connectivity index (χ0n) is 19.1. The second kappa shape index (κ2) is 9.00. The van der Waals surface area contributed by atoms with Crippen molar-refractivity contribution in [2.24, 2.45) is 0 Å². The third kappa shape index (κ3) is 4.17. The van der Waals surface area contributed by atoms with Gasteiger partial charge in [-0.05, 0) is 44.0 Å². The van der Waals surface area contributed by atoms with Crippen LogP contribution in [0.25, 0.3) is 0 Å². The van der Waals surface area contributed by atoms with Crippen LogP contribution in [0.3, 0.4) is 0 Å². The smallest absolute Gasteiger partial charge is 0.267 e. The molecule has 0 unspecified atom stereocenters. The maximum atomic E-state index is 13.4. The Morgan fingerprint density at radius 1 is 0.788 bits per heavy atom. The van der Waals surface area contributed by atoms with E-state index in [4.69, 9.17) is 4.84 Å². The molecule has 1 aliphatic heterocycles. The number of nitrogens with one attached hydrogen (secondary N) is 1. The van der Waals surface area contributed by atoms with E-state index in [2.05, 4.69) is 5.48 Å². The van der Waals surface area contributed by atoms with Gasteiger partial charge in [-0.15, -0.1) is 0 Å². The van der Waals surface area contributed by atoms with Gasteiger partial charge in [0.2, 0.25) is 0 Å². The van der Waals surface area contributed by atoms with Gasteiger partial charge in [-0.2, -0.15) is 0 Å². The molecule has 4 rings (SSSR count). The van der Waals surface area contributed by atoms with E-state index in [1.54, 1.807) is 24.3 Å². The van der Waals surface area contributed by atoms with Crippen molar-refractivity contribution >= 4 is 17.7 Å². The Balaban J connectivity index is 1.93. The molecule has 33 heavy (non-hydrogen) atoms. The van der Waals surface area contributed by atoms with Gasteiger partial charge in [0, 0.05) is 5.92 Å². The van der Waals surface area contributed by atoms with Crippen molar-refractivity contribution < 1.29 is 19.2 Å². The number of rotatable bonds is 6. The third-order valence-corrected chi connectivity index (χ3v) is 5.93. The molecule has 1 heterocycles. The summed E-state index contributed by atoms with van der Waals surface area (Å²) in [5.41, 5.74) is 7.72. The van der Waals surface area contributed by atoms with Crippen molar-refractivity contribution in [2.45, 2.75) is 32.7 Å². The van der Waals surface area contributed by atoms with Crippen molar-refractivity contribution in [2.75, 3.05) is 7.11 Å². The van der Waals surface area contributed by atoms with Crippen LogP contribution in [0.5, 0.6) is 0 Å². The topological polar surface area (TPSA) is 75.7 Å². The van der Waals surface area contributed by atoms with Gasteiger partial charge in [-0.1, -0.05) is 71.3 Å². The van der Waals surface area contributed by atoms with E-state index in [1.165, 1.54) is 7.11 Å². The van der Waals surface area contributed by atoms with Gasteiger partial charge in [0.15, 0.2) is 0 Å². The Labute approximate surface area is 193 Å². The van der Waals surface area contributed by atoms with Crippen LogP contribution in [0.2, 0.25) is 0 Å². The average molecular weight is 443 g/mol. The highest BCUT2D eigenvalue weighted by Crippen LogP contribution is 2.36. The first-order valence-electron chi connectivity index (χ1n) is 10.8. The SMILES string of the molecule is CONC(=O)[C@H]([C@H](c1ccc(C)cc1)c1cc(C)cc(C)c1)N1C(=O)c2ccccc2C1=O. The third-order valence-electron chi connectivity index (χ3n) is 5.93. The number of aryl methyl sites for hydroxylation is 3. The van der Waals surface area contributed by atoms with Crippen molar-refractivity contribution in [3.8, 4) is 0 Å². The van der Waals surface area contributed by atoms with Crippen LogP contribution in [0.4, 0.5) is 0 Å². The normalized spacial score (nSPS) is 14.7. The number of hydroxylamine groups is 1. The first-order chi connectivity index (χ1) is 15.8. The molecule has 1 aliphatic rings. The van der Waals surface area contributed by atoms with Crippen LogP contribution in [0.15, 0.2) is 66.7 Å². The summed E-state index contributed by atoms with van der Waals surface area (Å²) in [7, 11) is 1.33. The van der Waals surface area contributed by atoms with Crippen LogP contribution < -0.4 is 5.48 Å². The molecular formula is C27H26N2O4. The maximum Gasteiger partial charge on any atom is 0.267 e. The molecule has 0 saturated carbocycles. The molecule has 3 aromatic carbocycles. The van der Waals surface area contributed by atoms with Crippen LogP contribution in [0.1, 0.15) is 54.5 Å². The lowest BCUT2D eigenvalue weighted by Gasteiger charge is -2.33. The average Bonchev–Trinajstić information content (AvgIpc) is 3.03. The minimum atomic E-state index is -1.15. The molecule has 6 nitrogen and oxygen atoms in total. The number of nitrogens with zero attached hydrogens (tertiary/aromatic N) is 1. The first-order valence-corrected chi connectivity index (χ1v) is 10.8. The number of carbonyl (C=O) groups excluding carboxylic acids is 3. The predicted octanol–water partition coefficient (Wildman–Crippen LogP) is 4.09. The fourth-order valence-electron chi connectivity index (χ4n) is 4.56. The van der Waals surface area contributed by atoms with Crippen LogP contribution >= 0.6 is 0 Å². The molecule has 0 saturated heterocycles. The van der Waals surface area contributed by atoms with Crippen LogP contribution in [0, 0.1) is 20.8 Å². The molecule has 1 N–H and O–H groups in total. The molecular weight excluding hydrogens is 416 g/mol. The number of benzene rings is 3. The number of hydrogen-bond acceptors (Lipinski definition) is 4. The van der Waals surface area contributed by atoms with Gasteiger partial charge in [0.1, 0.15) is 6.04 Å². The van der Waals surface area contributed by atoms with E-state index in [0.717, 1.165) is 32.7 Å². The van der Waals surface area contributed by atoms with Crippen molar-refractivity contribution in [1.29, 1.82) is 0 Å². The van der Waals surface area contributed by atoms with E-state index in [0.29, 0.717) is 11.1 Å². The summed E-state index contributed by atoms with van der Waals surface area (Å²) in [4.78, 5) is 46.2. The molecule has 6 heteroatoms. The van der Waals surface area contributed by atoms with E-state index >= 15 is 0 Å². The van der Waals surface area contributed by atoms with Crippen molar-refractivity contribution in [3.05, 3.63) is 106 Å². The zero-order valence-corrected chi connectivity index (χ0v) is 19.1. The largest absolute Gasteiger partial charge is 0.277 e. The highest BCUT2D eigenvalue weighted by molar-refractivity contribution is 6.23. The lowest BCUT2D eigenvalue weighted by Crippen LogP contribution is -2.52. The monoisotopic (exact) mass is 442 g/mol. The Bertz CT molecular complexity index is 1180. The van der Waals surface area contributed by atoms with Gasteiger partial charge < -0.3 is 0 Å². The van der Waals surface area contributed by atoms with Crippen molar-refractivity contribution in [1.82, 2.24) is 10.4 Å². The highest BCUT2D eigenvalue weighted by atomic mass is 16.6. The second-order valence-electron chi connectivity index (χ2n) is 8.45. The van der Waals surface area contributed by atoms with Gasteiger partial charge in [0.05, 0.1) is 18.2 Å². The molecule has 3 amide bonds. The van der Waals surface area contributed by atoms with Crippen LogP contribution in [-0.4, -0.2) is 35.8 Å². The molecule has 0 fully saturated rings. The molecule has 0 bridgehead atoms. The van der Waals surface area contributed by atoms with E-state index in [1.807, 2.05) is 63.2 Å². The summed E-state index contributed by atoms with van der Waals surface area (Å²) in [6, 6.07) is 19.3. The number of fused-ring (bicyclic) bond motifs is 1. The highest BCUT2D eigenvalue weighted by Gasteiger charge is 2.47. The molecule has 0 radical (unpaired) electrons. The van der Waals surface area contributed by atoms with Gasteiger partial charge in [0.25, 0.3) is 17.7 Å². The Hall–Kier alpha value is -3.77. The molecule has 168 valence electrons. The molecule has 3 aromatic rings. The van der Waals surface area contributed by atoms with Gasteiger partial charge in [-0.3, -0.25) is 24.1 Å². The fraction of sp³-hybridized carbons (Fsp3) is 0.222. The summed E-state index contributed by atoms with van der Waals surface area (Å²) in [5, 5.41) is 0. The minimum absolute atomic E-state index is 0.292. The zero-order chi connectivity index (χ0) is 23.7. The fourth-order valence-corrected chi connectivity index (χ4v) is 4.56. The van der Waals surface area contributed by atoms with Crippen LogP contribution in [-0.2, 0) is 9.63 Å². The summed E-state index contributed by atoms with van der Waals surface area (Å²) in [5.74, 6) is -2.15. The molecule has 0 aliphatic carbocycles. The quantitative estimate of drug-likeness (QED) is 0.461. The lowest BCUT2D eigenvalue weighted by atomic mass is 9.82. The summed E-state index contributed by atoms with van der Waals surface area (Å²) in [6.45, 7) is 5.94. The first kappa shape index (κ1) is 22.4. The minimum Gasteiger partial charge on any atom is -0.277 e. The van der Waals surface area contributed by atoms with E-state index in [-0.39, 0.29) is 0 Å². The lowest BCUT2D eigenvalue weighted by molar-refractivity contribution is -0.135. The standard InChI is InChI=1S/C27H26N2O4/c1-16-9-11-19(12-10-16)23(20-14-17(2)13-18(3)15-20)24(25(30)28-33-4)29-26(31)21-7-5-6-8-22(21)27(29)32/h5-15,23-24H,1-4H3,(H,28,30)/t23-,24+/m1/s1. The Kier molecular flexibility index (Phi) is 6.11. The summed E-state index contributed by atoms with van der Waals surface area (Å²) >= 11 is 0. The second-order valence-corrected chi connectivity index (χ2v) is 8.45. The molecule has 2 atom stereocenters. The maximum absolute atomic E-state index is 13.4.